The molecule has 1 aromatic rings. The van der Waals surface area contributed by atoms with E-state index in [1.54, 1.807) is 12.1 Å². The summed E-state index contributed by atoms with van der Waals surface area (Å²) in [6, 6.07) is 3.34. The van der Waals surface area contributed by atoms with Crippen LogP contribution in [-0.4, -0.2) is 19.6 Å². The van der Waals surface area contributed by atoms with Crippen molar-refractivity contribution in [2.24, 2.45) is 5.73 Å². The first-order valence-electron chi connectivity index (χ1n) is 5.12. The number of amides is 1. The van der Waals surface area contributed by atoms with E-state index in [1.807, 2.05) is 0 Å². The van der Waals surface area contributed by atoms with Gasteiger partial charge in [0, 0.05) is 6.54 Å². The molecule has 0 aliphatic heterocycles. The van der Waals surface area contributed by atoms with Gasteiger partial charge < -0.3 is 21.5 Å². The predicted octanol–water partition coefficient (Wildman–Crippen LogP) is 1.20. The third kappa shape index (κ3) is 2.36. The standard InChI is InChI=1S/C11H17N3O2/c1-3-6-14-8-5-4-7(11(13)15)10(16-2)9(8)12/h4-5,14H,3,6,12H2,1-2H3,(H2,13,15). The number of nitrogens with one attached hydrogen (secondary N) is 1. The van der Waals surface area contributed by atoms with Crippen molar-refractivity contribution in [1.82, 2.24) is 0 Å². The van der Waals surface area contributed by atoms with Crippen LogP contribution in [0.1, 0.15) is 23.7 Å². The van der Waals surface area contributed by atoms with Gasteiger partial charge >= 0.3 is 0 Å². The molecule has 1 aromatic carbocycles. The summed E-state index contributed by atoms with van der Waals surface area (Å²) in [5.74, 6) is -0.223. The number of carbonyl (C=O) groups excluding carboxylic acids is 1. The van der Waals surface area contributed by atoms with Gasteiger partial charge in [0.2, 0.25) is 0 Å². The highest BCUT2D eigenvalue weighted by Gasteiger charge is 2.14. The predicted molar refractivity (Wildman–Crippen MR) is 64.7 cm³/mol. The number of hydrogen-bond donors (Lipinski definition) is 3. The van der Waals surface area contributed by atoms with Crippen LogP contribution in [0, 0.1) is 0 Å². The summed E-state index contributed by atoms with van der Waals surface area (Å²) >= 11 is 0. The fourth-order valence-corrected chi connectivity index (χ4v) is 1.43. The maximum absolute atomic E-state index is 11.1. The van der Waals surface area contributed by atoms with Gasteiger partial charge in [-0.1, -0.05) is 6.92 Å². The SMILES string of the molecule is CCCNc1ccc(C(N)=O)c(OC)c1N. The maximum Gasteiger partial charge on any atom is 0.252 e. The van der Waals surface area contributed by atoms with Gasteiger partial charge in [-0.2, -0.15) is 0 Å². The number of nitrogen functional groups attached to an aromatic ring is 1. The Labute approximate surface area is 94.8 Å². The van der Waals surface area contributed by atoms with E-state index in [0.717, 1.165) is 18.7 Å². The Balaban J connectivity index is 3.12. The van der Waals surface area contributed by atoms with Gasteiger partial charge in [-0.3, -0.25) is 4.79 Å². The fraction of sp³-hybridized carbons (Fsp3) is 0.364. The van der Waals surface area contributed by atoms with E-state index < -0.39 is 5.91 Å². The summed E-state index contributed by atoms with van der Waals surface area (Å²) < 4.78 is 5.09. The lowest BCUT2D eigenvalue weighted by Crippen LogP contribution is -2.14. The summed E-state index contributed by atoms with van der Waals surface area (Å²) in [5, 5.41) is 3.15. The number of primary amides is 1. The minimum atomic E-state index is -0.550. The molecule has 0 aliphatic carbocycles. The average molecular weight is 223 g/mol. The third-order valence-electron chi connectivity index (χ3n) is 2.23. The molecule has 0 atom stereocenters. The van der Waals surface area contributed by atoms with Gasteiger partial charge in [-0.25, -0.2) is 0 Å². The number of benzene rings is 1. The molecule has 16 heavy (non-hydrogen) atoms. The number of ether oxygens (including phenoxy) is 1. The second kappa shape index (κ2) is 5.25. The molecule has 5 N–H and O–H groups in total. The van der Waals surface area contributed by atoms with E-state index in [2.05, 4.69) is 12.2 Å². The third-order valence-corrected chi connectivity index (χ3v) is 2.23. The molecule has 0 unspecified atom stereocenters. The van der Waals surface area contributed by atoms with Crippen molar-refractivity contribution in [3.8, 4) is 5.75 Å². The van der Waals surface area contributed by atoms with Crippen molar-refractivity contribution < 1.29 is 9.53 Å². The van der Waals surface area contributed by atoms with E-state index in [-0.39, 0.29) is 0 Å². The Morgan fingerprint density at radius 2 is 2.19 bits per heavy atom. The average Bonchev–Trinajstić information content (AvgIpc) is 2.26. The summed E-state index contributed by atoms with van der Waals surface area (Å²) in [7, 11) is 1.46. The van der Waals surface area contributed by atoms with Crippen molar-refractivity contribution in [3.63, 3.8) is 0 Å². The highest BCUT2D eigenvalue weighted by molar-refractivity contribution is 5.99. The highest BCUT2D eigenvalue weighted by atomic mass is 16.5. The lowest BCUT2D eigenvalue weighted by Gasteiger charge is -2.14. The molecule has 0 saturated carbocycles. The summed E-state index contributed by atoms with van der Waals surface area (Å²) in [5.41, 5.74) is 12.5. The molecule has 88 valence electrons. The number of nitrogens with two attached hydrogens (primary N) is 2. The molecule has 0 spiro atoms. The lowest BCUT2D eigenvalue weighted by molar-refractivity contribution is 0.0997. The maximum atomic E-state index is 11.1. The van der Waals surface area contributed by atoms with E-state index in [4.69, 9.17) is 16.2 Å². The second-order valence-corrected chi connectivity index (χ2v) is 3.40. The first-order chi connectivity index (χ1) is 7.61. The Morgan fingerprint density at radius 3 is 2.69 bits per heavy atom. The summed E-state index contributed by atoms with van der Waals surface area (Å²) in [6.07, 6.45) is 0.985. The number of rotatable bonds is 5. The van der Waals surface area contributed by atoms with E-state index in [0.29, 0.717) is 17.0 Å². The molecule has 0 aromatic heterocycles. The van der Waals surface area contributed by atoms with Crippen LogP contribution in [0.4, 0.5) is 11.4 Å². The van der Waals surface area contributed by atoms with Crippen molar-refractivity contribution in [1.29, 1.82) is 0 Å². The van der Waals surface area contributed by atoms with Crippen LogP contribution >= 0.6 is 0 Å². The minimum absolute atomic E-state index is 0.294. The van der Waals surface area contributed by atoms with Crippen LogP contribution in [0.15, 0.2) is 12.1 Å². The first-order valence-corrected chi connectivity index (χ1v) is 5.12. The molecule has 0 radical (unpaired) electrons. The van der Waals surface area contributed by atoms with Crippen LogP contribution in [0.3, 0.4) is 0 Å². The zero-order valence-corrected chi connectivity index (χ0v) is 9.54. The second-order valence-electron chi connectivity index (χ2n) is 3.40. The Kier molecular flexibility index (Phi) is 3.99. The van der Waals surface area contributed by atoms with E-state index in [1.165, 1.54) is 7.11 Å². The molecule has 5 heteroatoms. The quantitative estimate of drug-likeness (QED) is 0.654. The largest absolute Gasteiger partial charge is 0.494 e. The Morgan fingerprint density at radius 1 is 1.50 bits per heavy atom. The van der Waals surface area contributed by atoms with Crippen molar-refractivity contribution in [2.45, 2.75) is 13.3 Å². The fourth-order valence-electron chi connectivity index (χ4n) is 1.43. The number of anilines is 2. The van der Waals surface area contributed by atoms with Gasteiger partial charge in [0.05, 0.1) is 24.0 Å². The molecule has 0 aliphatic rings. The van der Waals surface area contributed by atoms with Gasteiger partial charge in [-0.15, -0.1) is 0 Å². The van der Waals surface area contributed by atoms with Crippen molar-refractivity contribution >= 4 is 17.3 Å². The molecule has 5 nitrogen and oxygen atoms in total. The molecular formula is C11H17N3O2. The molecular weight excluding hydrogens is 206 g/mol. The zero-order valence-electron chi connectivity index (χ0n) is 9.54. The number of carbonyl (C=O) groups is 1. The monoisotopic (exact) mass is 223 g/mol. The summed E-state index contributed by atoms with van der Waals surface area (Å²) in [6.45, 7) is 2.86. The first kappa shape index (κ1) is 12.2. The van der Waals surface area contributed by atoms with Crippen LogP contribution in [0.2, 0.25) is 0 Å². The highest BCUT2D eigenvalue weighted by Crippen LogP contribution is 2.32. The smallest absolute Gasteiger partial charge is 0.252 e. The topological polar surface area (TPSA) is 90.4 Å². The van der Waals surface area contributed by atoms with Crippen LogP contribution in [-0.2, 0) is 0 Å². The van der Waals surface area contributed by atoms with Gasteiger partial charge in [0.25, 0.3) is 5.91 Å². The van der Waals surface area contributed by atoms with E-state index >= 15 is 0 Å². The molecule has 0 fully saturated rings. The van der Waals surface area contributed by atoms with Crippen LogP contribution < -0.4 is 21.5 Å². The molecule has 1 rings (SSSR count). The van der Waals surface area contributed by atoms with Crippen molar-refractivity contribution in [3.05, 3.63) is 17.7 Å². The normalized spacial score (nSPS) is 9.88. The molecule has 0 heterocycles. The molecule has 0 saturated heterocycles. The van der Waals surface area contributed by atoms with Gasteiger partial charge in [0.1, 0.15) is 0 Å². The summed E-state index contributed by atoms with van der Waals surface area (Å²) in [4.78, 5) is 11.1. The van der Waals surface area contributed by atoms with E-state index in [9.17, 15) is 4.79 Å². The number of methoxy groups -OCH3 is 1. The Bertz CT molecular complexity index is 391. The molecule has 0 bridgehead atoms. The van der Waals surface area contributed by atoms with Crippen molar-refractivity contribution in [2.75, 3.05) is 24.7 Å². The Hall–Kier alpha value is -1.91. The number of hydrogen-bond acceptors (Lipinski definition) is 4. The van der Waals surface area contributed by atoms with Gasteiger partial charge in [-0.05, 0) is 18.6 Å². The van der Waals surface area contributed by atoms with Crippen LogP contribution in [0.25, 0.3) is 0 Å². The minimum Gasteiger partial charge on any atom is -0.494 e. The zero-order chi connectivity index (χ0) is 12.1. The molecule has 1 amide bonds. The van der Waals surface area contributed by atoms with Crippen LogP contribution in [0.5, 0.6) is 5.75 Å². The lowest BCUT2D eigenvalue weighted by atomic mass is 10.1. The van der Waals surface area contributed by atoms with Gasteiger partial charge in [0.15, 0.2) is 5.75 Å².